The topological polar surface area (TPSA) is 83.3 Å². The SMILES string of the molecule is CCn1c(=O)c(/C=N/c2n[nH]c(=S)s2)c(O)c2ccccc21. The molecule has 1 aromatic carbocycles. The van der Waals surface area contributed by atoms with E-state index in [2.05, 4.69) is 15.2 Å². The molecule has 112 valence electrons. The van der Waals surface area contributed by atoms with Crippen molar-refractivity contribution in [3.05, 3.63) is 44.1 Å². The fourth-order valence-corrected chi connectivity index (χ4v) is 2.96. The van der Waals surface area contributed by atoms with E-state index in [4.69, 9.17) is 12.2 Å². The molecule has 0 aliphatic heterocycles. The Hall–Kier alpha value is -2.32. The van der Waals surface area contributed by atoms with Crippen molar-refractivity contribution in [1.82, 2.24) is 14.8 Å². The fourth-order valence-electron chi connectivity index (χ4n) is 2.24. The summed E-state index contributed by atoms with van der Waals surface area (Å²) >= 11 is 6.12. The molecule has 3 aromatic rings. The van der Waals surface area contributed by atoms with Gasteiger partial charge in [-0.3, -0.25) is 9.89 Å². The number of nitrogens with zero attached hydrogens (tertiary/aromatic N) is 3. The zero-order chi connectivity index (χ0) is 15.7. The van der Waals surface area contributed by atoms with Gasteiger partial charge in [0.2, 0.25) is 5.13 Å². The van der Waals surface area contributed by atoms with Gasteiger partial charge in [0.05, 0.1) is 5.52 Å². The molecule has 0 aliphatic rings. The molecule has 0 atom stereocenters. The second kappa shape index (κ2) is 5.82. The van der Waals surface area contributed by atoms with Gasteiger partial charge in [-0.15, -0.1) is 5.10 Å². The Balaban J connectivity index is 2.23. The van der Waals surface area contributed by atoms with Crippen molar-refractivity contribution >= 4 is 45.8 Å². The highest BCUT2D eigenvalue weighted by atomic mass is 32.1. The van der Waals surface area contributed by atoms with E-state index >= 15 is 0 Å². The third kappa shape index (κ3) is 2.46. The van der Waals surface area contributed by atoms with Gasteiger partial charge in [0.15, 0.2) is 3.95 Å². The summed E-state index contributed by atoms with van der Waals surface area (Å²) in [7, 11) is 0. The molecule has 0 amide bonds. The van der Waals surface area contributed by atoms with Gasteiger partial charge < -0.3 is 9.67 Å². The Morgan fingerprint density at radius 1 is 1.50 bits per heavy atom. The molecule has 0 spiro atoms. The van der Waals surface area contributed by atoms with Crippen molar-refractivity contribution in [3.8, 4) is 5.75 Å². The van der Waals surface area contributed by atoms with Gasteiger partial charge in [0, 0.05) is 18.1 Å². The zero-order valence-corrected chi connectivity index (χ0v) is 13.2. The van der Waals surface area contributed by atoms with E-state index in [1.165, 1.54) is 17.6 Å². The lowest BCUT2D eigenvalue weighted by Gasteiger charge is -2.11. The van der Waals surface area contributed by atoms with Crippen LogP contribution in [0.2, 0.25) is 0 Å². The van der Waals surface area contributed by atoms with Crippen LogP contribution in [0.5, 0.6) is 5.75 Å². The number of hydrogen-bond donors (Lipinski definition) is 2. The van der Waals surface area contributed by atoms with Crippen LogP contribution in [-0.4, -0.2) is 26.1 Å². The molecule has 0 bridgehead atoms. The molecule has 2 N–H and O–H groups in total. The summed E-state index contributed by atoms with van der Waals surface area (Å²) < 4.78 is 2.10. The van der Waals surface area contributed by atoms with Crippen LogP contribution in [-0.2, 0) is 6.54 Å². The van der Waals surface area contributed by atoms with Gasteiger partial charge in [-0.05, 0) is 31.3 Å². The highest BCUT2D eigenvalue weighted by Crippen LogP contribution is 2.25. The maximum atomic E-state index is 12.5. The summed E-state index contributed by atoms with van der Waals surface area (Å²) in [6, 6.07) is 7.22. The predicted molar refractivity (Wildman–Crippen MR) is 90.1 cm³/mol. The number of aromatic nitrogens is 3. The molecule has 0 radical (unpaired) electrons. The van der Waals surface area contributed by atoms with Gasteiger partial charge >= 0.3 is 0 Å². The van der Waals surface area contributed by atoms with Crippen LogP contribution >= 0.6 is 23.6 Å². The van der Waals surface area contributed by atoms with Gasteiger partial charge in [-0.2, -0.15) is 0 Å². The highest BCUT2D eigenvalue weighted by molar-refractivity contribution is 7.73. The maximum absolute atomic E-state index is 12.5. The van der Waals surface area contributed by atoms with E-state index in [1.54, 1.807) is 16.7 Å². The fraction of sp³-hybridized carbons (Fsp3) is 0.143. The lowest BCUT2D eigenvalue weighted by Crippen LogP contribution is -2.23. The Morgan fingerprint density at radius 2 is 2.27 bits per heavy atom. The first-order valence-corrected chi connectivity index (χ1v) is 7.78. The molecule has 22 heavy (non-hydrogen) atoms. The average molecular weight is 332 g/mol. The van der Waals surface area contributed by atoms with Crippen LogP contribution in [0, 0.1) is 3.95 Å². The molecule has 2 heterocycles. The van der Waals surface area contributed by atoms with E-state index in [0.29, 0.717) is 26.5 Å². The Morgan fingerprint density at radius 3 is 2.95 bits per heavy atom. The summed E-state index contributed by atoms with van der Waals surface area (Å²) in [5.41, 5.74) is 0.545. The number of benzene rings is 1. The van der Waals surface area contributed by atoms with E-state index in [1.807, 2.05) is 19.1 Å². The largest absolute Gasteiger partial charge is 0.506 e. The number of aromatic amines is 1. The van der Waals surface area contributed by atoms with Gasteiger partial charge in [-0.1, -0.05) is 23.5 Å². The minimum absolute atomic E-state index is 0.0758. The van der Waals surface area contributed by atoms with E-state index in [9.17, 15) is 9.90 Å². The number of aryl methyl sites for hydroxylation is 1. The number of aromatic hydroxyl groups is 1. The van der Waals surface area contributed by atoms with E-state index < -0.39 is 0 Å². The van der Waals surface area contributed by atoms with Crippen LogP contribution < -0.4 is 5.56 Å². The first kappa shape index (κ1) is 14.6. The molecular weight excluding hydrogens is 320 g/mol. The highest BCUT2D eigenvalue weighted by Gasteiger charge is 2.13. The molecule has 0 unspecified atom stereocenters. The zero-order valence-electron chi connectivity index (χ0n) is 11.6. The monoisotopic (exact) mass is 332 g/mol. The second-order valence-corrected chi connectivity index (χ2v) is 6.13. The number of aliphatic imine (C=N–C) groups is 1. The number of hydrogen-bond acceptors (Lipinski definition) is 6. The molecule has 0 saturated carbocycles. The van der Waals surface area contributed by atoms with Crippen LogP contribution in [0.25, 0.3) is 10.9 Å². The summed E-state index contributed by atoms with van der Waals surface area (Å²) in [6.07, 6.45) is 1.33. The van der Waals surface area contributed by atoms with Gasteiger partial charge in [0.25, 0.3) is 5.56 Å². The van der Waals surface area contributed by atoms with Crippen LogP contribution in [0.15, 0.2) is 34.1 Å². The Kier molecular flexibility index (Phi) is 3.86. The summed E-state index contributed by atoms with van der Waals surface area (Å²) in [5, 5.41) is 17.9. The van der Waals surface area contributed by atoms with Crippen molar-refractivity contribution in [1.29, 1.82) is 0 Å². The van der Waals surface area contributed by atoms with E-state index in [0.717, 1.165) is 0 Å². The molecule has 3 rings (SSSR count). The Bertz CT molecular complexity index is 984. The lowest BCUT2D eigenvalue weighted by atomic mass is 10.1. The normalized spacial score (nSPS) is 11.5. The van der Waals surface area contributed by atoms with Crippen LogP contribution in [0.4, 0.5) is 5.13 Å². The standard InChI is InChI=1S/C14H12N4O2S2/c1-2-18-10-6-4-3-5-8(10)11(19)9(12(18)20)7-15-13-16-17-14(21)22-13/h3-7,19H,2H2,1H3,(H,17,21)/b15-7+. The number of para-hydroxylation sites is 1. The average Bonchev–Trinajstić information content (AvgIpc) is 2.93. The van der Waals surface area contributed by atoms with Crippen molar-refractivity contribution in [2.45, 2.75) is 13.5 Å². The number of H-pyrrole nitrogens is 1. The van der Waals surface area contributed by atoms with Crippen LogP contribution in [0.3, 0.4) is 0 Å². The summed E-state index contributed by atoms with van der Waals surface area (Å²) in [5.74, 6) is -0.0758. The number of fused-ring (bicyclic) bond motifs is 1. The third-order valence-electron chi connectivity index (χ3n) is 3.23. The molecule has 8 heteroatoms. The number of nitrogens with one attached hydrogen (secondary N) is 1. The molecular formula is C14H12N4O2S2. The number of rotatable bonds is 3. The predicted octanol–water partition coefficient (Wildman–Crippen LogP) is 2.99. The lowest BCUT2D eigenvalue weighted by molar-refractivity contribution is 0.478. The van der Waals surface area contributed by atoms with Crippen molar-refractivity contribution in [2.75, 3.05) is 0 Å². The molecule has 0 saturated heterocycles. The van der Waals surface area contributed by atoms with Gasteiger partial charge in [-0.25, -0.2) is 4.99 Å². The molecule has 2 aromatic heterocycles. The molecule has 6 nitrogen and oxygen atoms in total. The van der Waals surface area contributed by atoms with Crippen molar-refractivity contribution < 1.29 is 5.11 Å². The molecule has 0 aliphatic carbocycles. The minimum Gasteiger partial charge on any atom is -0.506 e. The van der Waals surface area contributed by atoms with E-state index in [-0.39, 0.29) is 16.9 Å². The smallest absolute Gasteiger partial charge is 0.263 e. The molecule has 0 fully saturated rings. The quantitative estimate of drug-likeness (QED) is 0.570. The summed E-state index contributed by atoms with van der Waals surface area (Å²) in [6.45, 7) is 2.38. The van der Waals surface area contributed by atoms with Crippen molar-refractivity contribution in [3.63, 3.8) is 0 Å². The second-order valence-electron chi connectivity index (χ2n) is 4.48. The first-order chi connectivity index (χ1) is 10.6. The number of pyridine rings is 1. The summed E-state index contributed by atoms with van der Waals surface area (Å²) in [4.78, 5) is 16.6. The minimum atomic E-state index is -0.290. The first-order valence-electron chi connectivity index (χ1n) is 6.56. The van der Waals surface area contributed by atoms with Crippen LogP contribution in [0.1, 0.15) is 12.5 Å². The maximum Gasteiger partial charge on any atom is 0.263 e. The Labute approximate surface area is 134 Å². The van der Waals surface area contributed by atoms with Gasteiger partial charge in [0.1, 0.15) is 11.3 Å². The third-order valence-corrected chi connectivity index (χ3v) is 4.23. The van der Waals surface area contributed by atoms with Crippen molar-refractivity contribution in [2.24, 2.45) is 4.99 Å².